The number of hydrogen-bond donors (Lipinski definition) is 2. The van der Waals surface area contributed by atoms with Crippen LogP contribution in [0.1, 0.15) is 20.3 Å². The number of aliphatic imine (C=N–C) groups is 1. The zero-order valence-electron chi connectivity index (χ0n) is 16.0. The van der Waals surface area contributed by atoms with E-state index in [1.165, 1.54) is 0 Å². The molecular weight excluding hydrogens is 322 g/mol. The number of ether oxygens (including phenoxy) is 4. The van der Waals surface area contributed by atoms with Crippen molar-refractivity contribution >= 4 is 5.84 Å². The first-order valence-electron chi connectivity index (χ1n) is 8.67. The molecule has 0 spiro atoms. The van der Waals surface area contributed by atoms with Gasteiger partial charge in [0.05, 0.1) is 39.1 Å². The topological polar surface area (TPSA) is 73.3 Å². The molecule has 0 saturated heterocycles. The summed E-state index contributed by atoms with van der Waals surface area (Å²) in [6.45, 7) is 11.2. The van der Waals surface area contributed by atoms with Crippen LogP contribution in [0.3, 0.4) is 0 Å². The Balaban J connectivity index is 2.66. The largest absolute Gasteiger partial charge is 0.382 e. The molecule has 2 N–H and O–H groups in total. The molecule has 0 aromatic heterocycles. The van der Waals surface area contributed by atoms with Crippen LogP contribution in [0.25, 0.3) is 0 Å². The Labute approximate surface area is 151 Å². The van der Waals surface area contributed by atoms with Crippen molar-refractivity contribution < 1.29 is 18.9 Å². The number of nitrogens with zero attached hydrogens (tertiary/aromatic N) is 1. The van der Waals surface area contributed by atoms with Gasteiger partial charge in [-0.3, -0.25) is 0 Å². The molecule has 0 saturated carbocycles. The fourth-order valence-electron chi connectivity index (χ4n) is 2.31. The lowest BCUT2D eigenvalue weighted by molar-refractivity contribution is -0.0402. The van der Waals surface area contributed by atoms with Gasteiger partial charge in [-0.2, -0.15) is 0 Å². The average molecular weight is 355 g/mol. The van der Waals surface area contributed by atoms with E-state index >= 15 is 0 Å². The van der Waals surface area contributed by atoms with Crippen molar-refractivity contribution in [3.05, 3.63) is 23.9 Å². The summed E-state index contributed by atoms with van der Waals surface area (Å²) in [4.78, 5) is 4.50. The summed E-state index contributed by atoms with van der Waals surface area (Å²) < 4.78 is 21.6. The van der Waals surface area contributed by atoms with Crippen LogP contribution in [-0.2, 0) is 18.9 Å². The van der Waals surface area contributed by atoms with Gasteiger partial charge in [0, 0.05) is 38.0 Å². The maximum Gasteiger partial charge on any atom is 0.128 e. The molecule has 0 aromatic carbocycles. The highest BCUT2D eigenvalue weighted by Gasteiger charge is 2.19. The maximum atomic E-state index is 5.91. The lowest BCUT2D eigenvalue weighted by Crippen LogP contribution is -2.38. The van der Waals surface area contributed by atoms with E-state index in [1.807, 2.05) is 13.0 Å². The molecule has 0 aliphatic carbocycles. The van der Waals surface area contributed by atoms with Crippen LogP contribution >= 0.6 is 0 Å². The van der Waals surface area contributed by atoms with E-state index < -0.39 is 0 Å². The van der Waals surface area contributed by atoms with Crippen LogP contribution in [-0.4, -0.2) is 71.9 Å². The maximum absolute atomic E-state index is 5.91. The monoisotopic (exact) mass is 355 g/mol. The molecule has 144 valence electrons. The van der Waals surface area contributed by atoms with E-state index in [0.717, 1.165) is 23.5 Å². The van der Waals surface area contributed by atoms with E-state index in [2.05, 4.69) is 29.1 Å². The predicted octanol–water partition coefficient (Wildman–Crippen LogP) is 1.47. The summed E-state index contributed by atoms with van der Waals surface area (Å²) in [7, 11) is 3.33. The van der Waals surface area contributed by atoms with Gasteiger partial charge in [0.15, 0.2) is 0 Å². The molecular formula is C18H33N3O4. The second-order valence-electron chi connectivity index (χ2n) is 5.87. The summed E-state index contributed by atoms with van der Waals surface area (Å²) in [5.41, 5.74) is 2.21. The van der Waals surface area contributed by atoms with Gasteiger partial charge in [0.25, 0.3) is 0 Å². The zero-order chi connectivity index (χ0) is 18.5. The highest BCUT2D eigenvalue weighted by atomic mass is 16.6. The molecule has 0 amide bonds. The van der Waals surface area contributed by atoms with Gasteiger partial charge in [-0.05, 0) is 13.8 Å². The number of nitrogens with one attached hydrogen (secondary N) is 2. The molecule has 0 fully saturated rings. The minimum atomic E-state index is -0.0550. The van der Waals surface area contributed by atoms with Gasteiger partial charge in [0.1, 0.15) is 12.5 Å². The third-order valence-corrected chi connectivity index (χ3v) is 3.86. The first-order valence-corrected chi connectivity index (χ1v) is 8.67. The van der Waals surface area contributed by atoms with Gasteiger partial charge < -0.3 is 29.6 Å². The summed E-state index contributed by atoms with van der Waals surface area (Å²) in [5.74, 6) is 0.900. The first kappa shape index (κ1) is 21.6. The van der Waals surface area contributed by atoms with E-state index in [-0.39, 0.29) is 12.1 Å². The number of methoxy groups -OCH3 is 2. The second-order valence-corrected chi connectivity index (χ2v) is 5.87. The smallest absolute Gasteiger partial charge is 0.128 e. The van der Waals surface area contributed by atoms with Crippen molar-refractivity contribution in [1.29, 1.82) is 0 Å². The van der Waals surface area contributed by atoms with Crippen LogP contribution in [0, 0.1) is 0 Å². The Morgan fingerprint density at radius 3 is 2.64 bits per heavy atom. The molecule has 0 bridgehead atoms. The number of hydrogen-bond acceptors (Lipinski definition) is 7. The van der Waals surface area contributed by atoms with Crippen LogP contribution in [0.5, 0.6) is 0 Å². The van der Waals surface area contributed by atoms with E-state index in [1.54, 1.807) is 14.2 Å². The van der Waals surface area contributed by atoms with Crippen molar-refractivity contribution in [3.8, 4) is 0 Å². The molecule has 0 aromatic rings. The molecule has 2 unspecified atom stereocenters. The Bertz CT molecular complexity index is 452. The average Bonchev–Trinajstić information content (AvgIpc) is 2.61. The van der Waals surface area contributed by atoms with E-state index in [9.17, 15) is 0 Å². The zero-order valence-corrected chi connectivity index (χ0v) is 16.0. The van der Waals surface area contributed by atoms with Gasteiger partial charge in [-0.1, -0.05) is 6.08 Å². The van der Waals surface area contributed by atoms with Gasteiger partial charge in [-0.25, -0.2) is 4.99 Å². The van der Waals surface area contributed by atoms with Crippen LogP contribution in [0.15, 0.2) is 28.9 Å². The van der Waals surface area contributed by atoms with Gasteiger partial charge >= 0.3 is 0 Å². The fraction of sp³-hybridized carbons (Fsp3) is 0.722. The number of rotatable bonds is 13. The van der Waals surface area contributed by atoms with Crippen molar-refractivity contribution in [1.82, 2.24) is 10.6 Å². The summed E-state index contributed by atoms with van der Waals surface area (Å²) in [6.07, 6.45) is 2.53. The lowest BCUT2D eigenvalue weighted by atomic mass is 10.1. The summed E-state index contributed by atoms with van der Waals surface area (Å²) in [5, 5.41) is 6.71. The molecule has 25 heavy (non-hydrogen) atoms. The quantitative estimate of drug-likeness (QED) is 0.385. The lowest BCUT2D eigenvalue weighted by Gasteiger charge is -2.26. The first-order chi connectivity index (χ1) is 12.1. The van der Waals surface area contributed by atoms with Crippen LogP contribution in [0.2, 0.25) is 0 Å². The van der Waals surface area contributed by atoms with Crippen molar-refractivity contribution in [2.24, 2.45) is 4.99 Å². The second kappa shape index (κ2) is 12.9. The Hall–Kier alpha value is -1.41. The van der Waals surface area contributed by atoms with Crippen LogP contribution < -0.4 is 10.6 Å². The number of amidine groups is 1. The molecule has 1 aliphatic rings. The standard InChI is InChI=1S/C18H33N3O4/c1-6-14(2)21-18-15(3)17(19-13-20-18)11-16(25-10-8-23-5)12-24-9-7-22-4/h6,14,16,19H,1,7-13H2,2-5H3,(H,20,21). The van der Waals surface area contributed by atoms with Crippen LogP contribution in [0.4, 0.5) is 0 Å². The van der Waals surface area contributed by atoms with Gasteiger partial charge in [0.2, 0.25) is 0 Å². The predicted molar refractivity (Wildman–Crippen MR) is 99.9 cm³/mol. The molecule has 1 aliphatic heterocycles. The SMILES string of the molecule is C=CC(C)NC1=NCNC(CC(COCCOC)OCCOC)=C1C. The molecule has 1 heterocycles. The highest BCUT2D eigenvalue weighted by molar-refractivity contribution is 5.99. The Morgan fingerprint density at radius 2 is 1.96 bits per heavy atom. The van der Waals surface area contributed by atoms with Crippen molar-refractivity contribution in [2.45, 2.75) is 32.4 Å². The summed E-state index contributed by atoms with van der Waals surface area (Å²) >= 11 is 0. The van der Waals surface area contributed by atoms with Crippen molar-refractivity contribution in [2.75, 3.05) is 53.9 Å². The third kappa shape index (κ3) is 8.49. The Morgan fingerprint density at radius 1 is 1.24 bits per heavy atom. The summed E-state index contributed by atoms with van der Waals surface area (Å²) in [6, 6.07) is 0.166. The van der Waals surface area contributed by atoms with Gasteiger partial charge in [-0.15, -0.1) is 6.58 Å². The third-order valence-electron chi connectivity index (χ3n) is 3.86. The Kier molecular flexibility index (Phi) is 11.1. The highest BCUT2D eigenvalue weighted by Crippen LogP contribution is 2.15. The molecule has 2 atom stereocenters. The molecule has 7 nitrogen and oxygen atoms in total. The fourth-order valence-corrected chi connectivity index (χ4v) is 2.31. The minimum Gasteiger partial charge on any atom is -0.382 e. The molecule has 7 heteroatoms. The normalized spacial score (nSPS) is 16.9. The van der Waals surface area contributed by atoms with E-state index in [0.29, 0.717) is 39.7 Å². The minimum absolute atomic E-state index is 0.0550. The molecule has 0 radical (unpaired) electrons. The molecule has 1 rings (SSSR count). The van der Waals surface area contributed by atoms with Crippen molar-refractivity contribution in [3.63, 3.8) is 0 Å². The van der Waals surface area contributed by atoms with E-state index in [4.69, 9.17) is 18.9 Å².